The van der Waals surface area contributed by atoms with E-state index >= 15 is 0 Å². The second-order valence-electron chi connectivity index (χ2n) is 5.83. The van der Waals surface area contributed by atoms with E-state index in [0.29, 0.717) is 18.7 Å². The van der Waals surface area contributed by atoms with E-state index in [0.717, 1.165) is 6.42 Å². The Balaban J connectivity index is 1.72. The molecular formula is C19H20N2O3S. The molecule has 1 N–H and O–H groups in total. The lowest BCUT2D eigenvalue weighted by Crippen LogP contribution is -2.34. The Morgan fingerprint density at radius 1 is 1.04 bits per heavy atom. The number of nitrogens with one attached hydrogen (secondary N) is 1. The molecule has 0 bridgehead atoms. The first-order valence-corrected chi connectivity index (χ1v) is 9.57. The molecule has 0 saturated carbocycles. The van der Waals surface area contributed by atoms with Crippen molar-refractivity contribution in [2.45, 2.75) is 11.3 Å². The molecule has 0 atom stereocenters. The molecule has 130 valence electrons. The van der Waals surface area contributed by atoms with E-state index < -0.39 is 10.0 Å². The van der Waals surface area contributed by atoms with Crippen molar-refractivity contribution in [1.29, 1.82) is 0 Å². The van der Waals surface area contributed by atoms with Crippen molar-refractivity contribution in [3.05, 3.63) is 71.8 Å². The van der Waals surface area contributed by atoms with Crippen LogP contribution < -0.4 is 4.72 Å². The summed E-state index contributed by atoms with van der Waals surface area (Å²) in [5, 5.41) is 0. The van der Waals surface area contributed by atoms with Crippen LogP contribution in [0.3, 0.4) is 0 Å². The van der Waals surface area contributed by atoms with Gasteiger partial charge >= 0.3 is 0 Å². The highest BCUT2D eigenvalue weighted by Gasteiger charge is 2.20. The predicted molar refractivity (Wildman–Crippen MR) is 97.6 cm³/mol. The van der Waals surface area contributed by atoms with Gasteiger partial charge in [0.15, 0.2) is 0 Å². The van der Waals surface area contributed by atoms with Crippen molar-refractivity contribution in [3.8, 4) is 0 Å². The summed E-state index contributed by atoms with van der Waals surface area (Å²) in [6, 6.07) is 16.2. The van der Waals surface area contributed by atoms with E-state index in [1.54, 1.807) is 17.0 Å². The number of amides is 1. The van der Waals surface area contributed by atoms with Crippen LogP contribution in [0.4, 0.5) is 0 Å². The fourth-order valence-electron chi connectivity index (χ4n) is 2.85. The normalized spacial score (nSPS) is 14.9. The molecule has 0 fully saturated rings. The average molecular weight is 356 g/mol. The molecule has 5 nitrogen and oxygen atoms in total. The summed E-state index contributed by atoms with van der Waals surface area (Å²) < 4.78 is 25.7. The third-order valence-corrected chi connectivity index (χ3v) is 5.75. The lowest BCUT2D eigenvalue weighted by Gasteiger charge is -2.27. The quantitative estimate of drug-likeness (QED) is 0.915. The zero-order valence-electron chi connectivity index (χ0n) is 14.0. The molecule has 0 spiro atoms. The fourth-order valence-corrected chi connectivity index (χ4v) is 3.58. The van der Waals surface area contributed by atoms with Gasteiger partial charge in [0.1, 0.15) is 0 Å². The molecule has 1 amide bonds. The summed E-state index contributed by atoms with van der Waals surface area (Å²) in [6.07, 6.45) is 2.89. The number of hydrogen-bond acceptors (Lipinski definition) is 3. The van der Waals surface area contributed by atoms with Crippen LogP contribution in [0.2, 0.25) is 0 Å². The van der Waals surface area contributed by atoms with E-state index in [9.17, 15) is 13.2 Å². The Morgan fingerprint density at radius 3 is 2.28 bits per heavy atom. The van der Waals surface area contributed by atoms with Crippen molar-refractivity contribution in [3.63, 3.8) is 0 Å². The SMILES string of the molecule is CNS(=O)(=O)c1ccc(C(=O)N2CC=C(c3ccccc3)CC2)cc1. The summed E-state index contributed by atoms with van der Waals surface area (Å²) in [6.45, 7) is 1.20. The summed E-state index contributed by atoms with van der Waals surface area (Å²) in [5.41, 5.74) is 2.93. The van der Waals surface area contributed by atoms with Gasteiger partial charge in [0, 0.05) is 18.7 Å². The van der Waals surface area contributed by atoms with E-state index in [1.165, 1.54) is 30.3 Å². The first kappa shape index (κ1) is 17.4. The molecule has 1 aliphatic heterocycles. The van der Waals surface area contributed by atoms with Crippen LogP contribution in [-0.2, 0) is 10.0 Å². The number of rotatable bonds is 4. The van der Waals surface area contributed by atoms with Crippen molar-refractivity contribution in [1.82, 2.24) is 9.62 Å². The lowest BCUT2D eigenvalue weighted by molar-refractivity contribution is 0.0773. The van der Waals surface area contributed by atoms with Gasteiger partial charge in [-0.3, -0.25) is 4.79 Å². The molecule has 1 heterocycles. The van der Waals surface area contributed by atoms with Gasteiger partial charge in [-0.1, -0.05) is 36.4 Å². The van der Waals surface area contributed by atoms with Crippen LogP contribution in [0.1, 0.15) is 22.3 Å². The maximum atomic E-state index is 12.6. The number of nitrogens with zero attached hydrogens (tertiary/aromatic N) is 1. The smallest absolute Gasteiger partial charge is 0.254 e. The second kappa shape index (κ2) is 7.21. The highest BCUT2D eigenvalue weighted by atomic mass is 32.2. The first-order chi connectivity index (χ1) is 12.0. The van der Waals surface area contributed by atoms with Crippen molar-refractivity contribution in [2.75, 3.05) is 20.1 Å². The number of sulfonamides is 1. The summed E-state index contributed by atoms with van der Waals surface area (Å²) in [5.74, 6) is -0.0863. The van der Waals surface area contributed by atoms with E-state index in [1.807, 2.05) is 18.2 Å². The van der Waals surface area contributed by atoms with Crippen LogP contribution in [0.5, 0.6) is 0 Å². The highest BCUT2D eigenvalue weighted by molar-refractivity contribution is 7.89. The molecule has 0 unspecified atom stereocenters. The number of carbonyl (C=O) groups is 1. The molecule has 1 aliphatic rings. The topological polar surface area (TPSA) is 66.5 Å². The molecule has 0 radical (unpaired) electrons. The monoisotopic (exact) mass is 356 g/mol. The largest absolute Gasteiger partial charge is 0.335 e. The van der Waals surface area contributed by atoms with Crippen LogP contribution in [0, 0.1) is 0 Å². The van der Waals surface area contributed by atoms with Crippen LogP contribution >= 0.6 is 0 Å². The van der Waals surface area contributed by atoms with Gasteiger partial charge in [-0.2, -0.15) is 0 Å². The Morgan fingerprint density at radius 2 is 1.72 bits per heavy atom. The standard InChI is InChI=1S/C19H20N2O3S/c1-20-25(23,24)18-9-7-17(8-10-18)19(22)21-13-11-16(12-14-21)15-5-3-2-4-6-15/h2-11,20H,12-14H2,1H3. The molecule has 3 rings (SSSR count). The molecule has 0 aromatic heterocycles. The van der Waals surface area contributed by atoms with Crippen LogP contribution in [-0.4, -0.2) is 39.4 Å². The maximum absolute atomic E-state index is 12.6. The Labute approximate surface area is 148 Å². The van der Waals surface area contributed by atoms with Crippen LogP contribution in [0.15, 0.2) is 65.6 Å². The van der Waals surface area contributed by atoms with Crippen molar-refractivity contribution >= 4 is 21.5 Å². The zero-order chi connectivity index (χ0) is 17.9. The Hall–Kier alpha value is -2.44. The number of benzene rings is 2. The molecule has 25 heavy (non-hydrogen) atoms. The maximum Gasteiger partial charge on any atom is 0.254 e. The summed E-state index contributed by atoms with van der Waals surface area (Å²) >= 11 is 0. The zero-order valence-corrected chi connectivity index (χ0v) is 14.8. The van der Waals surface area contributed by atoms with Gasteiger partial charge in [-0.15, -0.1) is 0 Å². The molecule has 2 aromatic carbocycles. The van der Waals surface area contributed by atoms with E-state index in [-0.39, 0.29) is 10.8 Å². The van der Waals surface area contributed by atoms with Gasteiger partial charge in [-0.25, -0.2) is 13.1 Å². The molecule has 6 heteroatoms. The van der Waals surface area contributed by atoms with Crippen molar-refractivity contribution in [2.24, 2.45) is 0 Å². The van der Waals surface area contributed by atoms with Gasteiger partial charge in [0.25, 0.3) is 5.91 Å². The summed E-state index contributed by atoms with van der Waals surface area (Å²) in [7, 11) is -2.13. The third kappa shape index (κ3) is 3.81. The predicted octanol–water partition coefficient (Wildman–Crippen LogP) is 2.52. The summed E-state index contributed by atoms with van der Waals surface area (Å²) in [4.78, 5) is 14.5. The minimum absolute atomic E-state index is 0.0863. The molecule has 0 aliphatic carbocycles. The van der Waals surface area contributed by atoms with Crippen LogP contribution in [0.25, 0.3) is 5.57 Å². The van der Waals surface area contributed by atoms with Gasteiger partial charge in [0.2, 0.25) is 10.0 Å². The minimum Gasteiger partial charge on any atom is -0.335 e. The molecule has 2 aromatic rings. The average Bonchev–Trinajstić information content (AvgIpc) is 2.68. The second-order valence-corrected chi connectivity index (χ2v) is 7.72. The van der Waals surface area contributed by atoms with Gasteiger partial charge in [0.05, 0.1) is 4.90 Å². The first-order valence-electron chi connectivity index (χ1n) is 8.08. The highest BCUT2D eigenvalue weighted by Crippen LogP contribution is 2.23. The van der Waals surface area contributed by atoms with Crippen molar-refractivity contribution < 1.29 is 13.2 Å². The Kier molecular flexibility index (Phi) is 5.01. The van der Waals surface area contributed by atoms with Gasteiger partial charge in [-0.05, 0) is 48.9 Å². The lowest BCUT2D eigenvalue weighted by atomic mass is 9.99. The van der Waals surface area contributed by atoms with E-state index in [4.69, 9.17) is 0 Å². The van der Waals surface area contributed by atoms with E-state index in [2.05, 4.69) is 22.9 Å². The number of carbonyl (C=O) groups excluding carboxylic acids is 1. The fraction of sp³-hybridized carbons (Fsp3) is 0.211. The minimum atomic E-state index is -3.49. The Bertz CT molecular complexity index is 888. The molecular weight excluding hydrogens is 336 g/mol. The van der Waals surface area contributed by atoms with Gasteiger partial charge < -0.3 is 4.90 Å². The molecule has 0 saturated heterocycles. The number of hydrogen-bond donors (Lipinski definition) is 1. The third-order valence-electron chi connectivity index (χ3n) is 4.32.